The fraction of sp³-hybridized carbons (Fsp3) is 0.222. The Labute approximate surface area is 126 Å². The second-order valence-corrected chi connectivity index (χ2v) is 5.13. The van der Waals surface area contributed by atoms with Gasteiger partial charge in [-0.1, -0.05) is 61.9 Å². The van der Waals surface area contributed by atoms with E-state index in [0.717, 1.165) is 12.8 Å². The third-order valence-corrected chi connectivity index (χ3v) is 3.78. The molecule has 0 bridgehead atoms. The highest BCUT2D eigenvalue weighted by Crippen LogP contribution is 2.33. The van der Waals surface area contributed by atoms with Crippen LogP contribution in [-0.2, 0) is 0 Å². The molecule has 0 saturated carbocycles. The number of rotatable bonds is 3. The average molecular weight is 286 g/mol. The van der Waals surface area contributed by atoms with Crippen LogP contribution in [0, 0.1) is 0 Å². The molecule has 0 saturated heterocycles. The van der Waals surface area contributed by atoms with E-state index >= 15 is 0 Å². The number of hydrogen-bond acceptors (Lipinski definition) is 1. The van der Waals surface area contributed by atoms with Crippen LogP contribution in [0.3, 0.4) is 0 Å². The normalized spacial score (nSPS) is 12.3. The molecule has 2 heteroatoms. The SMILES string of the molecule is CCC[C@H](N)c1c2ccccc2cc2ccccc12.Cl. The highest BCUT2D eigenvalue weighted by molar-refractivity contribution is 6.02. The Bertz CT molecular complexity index is 667. The van der Waals surface area contributed by atoms with E-state index in [-0.39, 0.29) is 18.4 Å². The van der Waals surface area contributed by atoms with Gasteiger partial charge in [0.25, 0.3) is 0 Å². The number of hydrogen-bond donors (Lipinski definition) is 1. The van der Waals surface area contributed by atoms with E-state index < -0.39 is 0 Å². The number of nitrogens with two attached hydrogens (primary N) is 1. The molecule has 0 radical (unpaired) electrons. The molecule has 0 heterocycles. The van der Waals surface area contributed by atoms with Gasteiger partial charge in [0.2, 0.25) is 0 Å². The molecular formula is C18H20ClN. The van der Waals surface area contributed by atoms with E-state index in [1.807, 2.05) is 0 Å². The third-order valence-electron chi connectivity index (χ3n) is 3.78. The lowest BCUT2D eigenvalue weighted by Gasteiger charge is -2.17. The van der Waals surface area contributed by atoms with E-state index in [1.54, 1.807) is 0 Å². The standard InChI is InChI=1S/C18H19N.ClH/c1-2-7-17(19)18-15-10-5-3-8-13(15)12-14-9-4-6-11-16(14)18;/h3-6,8-12,17H,2,7,19H2,1H3;1H/t17-;/m0./s1. The molecule has 20 heavy (non-hydrogen) atoms. The van der Waals surface area contributed by atoms with Gasteiger partial charge in [0.15, 0.2) is 0 Å². The molecule has 0 aliphatic heterocycles. The Morgan fingerprint density at radius 2 is 1.40 bits per heavy atom. The summed E-state index contributed by atoms with van der Waals surface area (Å²) in [6.07, 6.45) is 2.14. The maximum absolute atomic E-state index is 6.44. The molecule has 0 amide bonds. The van der Waals surface area contributed by atoms with Gasteiger partial charge in [-0.3, -0.25) is 0 Å². The predicted molar refractivity (Wildman–Crippen MR) is 90.5 cm³/mol. The summed E-state index contributed by atoms with van der Waals surface area (Å²) in [4.78, 5) is 0. The molecule has 3 aromatic rings. The lowest BCUT2D eigenvalue weighted by Crippen LogP contribution is -2.11. The van der Waals surface area contributed by atoms with Crippen LogP contribution < -0.4 is 5.73 Å². The Hall–Kier alpha value is -1.57. The van der Waals surface area contributed by atoms with Gasteiger partial charge in [0.1, 0.15) is 0 Å². The van der Waals surface area contributed by atoms with Crippen LogP contribution >= 0.6 is 12.4 Å². The van der Waals surface area contributed by atoms with Gasteiger partial charge >= 0.3 is 0 Å². The fourth-order valence-corrected chi connectivity index (χ4v) is 2.90. The zero-order valence-electron chi connectivity index (χ0n) is 11.7. The molecule has 0 unspecified atom stereocenters. The van der Waals surface area contributed by atoms with Crippen molar-refractivity contribution in [1.82, 2.24) is 0 Å². The molecule has 0 aromatic heterocycles. The predicted octanol–water partition coefficient (Wildman–Crippen LogP) is 5.21. The second kappa shape index (κ2) is 6.25. The zero-order chi connectivity index (χ0) is 13.2. The summed E-state index contributed by atoms with van der Waals surface area (Å²) in [5.74, 6) is 0. The first kappa shape index (κ1) is 14.8. The summed E-state index contributed by atoms with van der Waals surface area (Å²) < 4.78 is 0. The zero-order valence-corrected chi connectivity index (χ0v) is 12.5. The molecule has 0 fully saturated rings. The monoisotopic (exact) mass is 285 g/mol. The third kappa shape index (κ3) is 2.52. The topological polar surface area (TPSA) is 26.0 Å². The smallest absolute Gasteiger partial charge is 0.0307 e. The first-order valence-electron chi connectivity index (χ1n) is 6.97. The van der Waals surface area contributed by atoms with Crippen LogP contribution in [0.1, 0.15) is 31.4 Å². The van der Waals surface area contributed by atoms with Crippen molar-refractivity contribution in [2.45, 2.75) is 25.8 Å². The summed E-state index contributed by atoms with van der Waals surface area (Å²) in [5.41, 5.74) is 7.74. The van der Waals surface area contributed by atoms with Crippen molar-refractivity contribution >= 4 is 34.0 Å². The summed E-state index contributed by atoms with van der Waals surface area (Å²) in [6, 6.07) is 19.5. The van der Waals surface area contributed by atoms with Gasteiger partial charge in [0.05, 0.1) is 0 Å². The molecule has 104 valence electrons. The fourth-order valence-electron chi connectivity index (χ4n) is 2.90. The van der Waals surface area contributed by atoms with E-state index in [4.69, 9.17) is 5.73 Å². The molecule has 3 rings (SSSR count). The Kier molecular flexibility index (Phi) is 4.64. The van der Waals surface area contributed by atoms with Crippen molar-refractivity contribution in [2.75, 3.05) is 0 Å². The number of fused-ring (bicyclic) bond motifs is 2. The minimum absolute atomic E-state index is 0. The molecule has 0 spiro atoms. The van der Waals surface area contributed by atoms with Gasteiger partial charge in [-0.25, -0.2) is 0 Å². The highest BCUT2D eigenvalue weighted by atomic mass is 35.5. The molecule has 0 aliphatic rings. The van der Waals surface area contributed by atoms with Crippen molar-refractivity contribution in [3.05, 3.63) is 60.2 Å². The minimum Gasteiger partial charge on any atom is -0.324 e. The lowest BCUT2D eigenvalue weighted by atomic mass is 9.91. The lowest BCUT2D eigenvalue weighted by molar-refractivity contribution is 0.646. The van der Waals surface area contributed by atoms with Crippen LogP contribution in [0.2, 0.25) is 0 Å². The molecule has 1 atom stereocenters. The summed E-state index contributed by atoms with van der Waals surface area (Å²) in [6.45, 7) is 2.19. The van der Waals surface area contributed by atoms with Gasteiger partial charge in [-0.2, -0.15) is 0 Å². The van der Waals surface area contributed by atoms with Crippen molar-refractivity contribution in [3.8, 4) is 0 Å². The minimum atomic E-state index is 0. The van der Waals surface area contributed by atoms with Crippen molar-refractivity contribution < 1.29 is 0 Å². The van der Waals surface area contributed by atoms with E-state index in [2.05, 4.69) is 61.5 Å². The average Bonchev–Trinajstić information content (AvgIpc) is 2.44. The van der Waals surface area contributed by atoms with Crippen LogP contribution in [-0.4, -0.2) is 0 Å². The van der Waals surface area contributed by atoms with Gasteiger partial charge < -0.3 is 5.73 Å². The van der Waals surface area contributed by atoms with Gasteiger partial charge in [-0.05, 0) is 39.6 Å². The Morgan fingerprint density at radius 3 is 1.90 bits per heavy atom. The largest absolute Gasteiger partial charge is 0.324 e. The molecular weight excluding hydrogens is 266 g/mol. The highest BCUT2D eigenvalue weighted by Gasteiger charge is 2.13. The quantitative estimate of drug-likeness (QED) is 0.656. The second-order valence-electron chi connectivity index (χ2n) is 5.13. The molecule has 3 aromatic carbocycles. The maximum Gasteiger partial charge on any atom is 0.0307 e. The van der Waals surface area contributed by atoms with Crippen molar-refractivity contribution in [2.24, 2.45) is 5.73 Å². The summed E-state index contributed by atoms with van der Waals surface area (Å²) >= 11 is 0. The van der Waals surface area contributed by atoms with Crippen LogP contribution in [0.15, 0.2) is 54.6 Å². The van der Waals surface area contributed by atoms with E-state index in [1.165, 1.54) is 27.1 Å². The van der Waals surface area contributed by atoms with Gasteiger partial charge in [0, 0.05) is 6.04 Å². The first-order chi connectivity index (χ1) is 9.31. The Balaban J connectivity index is 0.00000147. The summed E-state index contributed by atoms with van der Waals surface area (Å²) in [7, 11) is 0. The van der Waals surface area contributed by atoms with Crippen molar-refractivity contribution in [1.29, 1.82) is 0 Å². The number of benzene rings is 3. The maximum atomic E-state index is 6.44. The van der Waals surface area contributed by atoms with E-state index in [0.29, 0.717) is 0 Å². The number of halogens is 1. The molecule has 0 aliphatic carbocycles. The van der Waals surface area contributed by atoms with Gasteiger partial charge in [-0.15, -0.1) is 12.4 Å². The molecule has 2 N–H and O–H groups in total. The van der Waals surface area contributed by atoms with Crippen molar-refractivity contribution in [3.63, 3.8) is 0 Å². The first-order valence-corrected chi connectivity index (χ1v) is 6.97. The molecule has 1 nitrogen and oxygen atoms in total. The summed E-state index contributed by atoms with van der Waals surface area (Å²) in [5, 5.41) is 5.15. The van der Waals surface area contributed by atoms with Crippen LogP contribution in [0.25, 0.3) is 21.5 Å². The van der Waals surface area contributed by atoms with Crippen LogP contribution in [0.5, 0.6) is 0 Å². The Morgan fingerprint density at radius 1 is 0.900 bits per heavy atom. The van der Waals surface area contributed by atoms with Crippen LogP contribution in [0.4, 0.5) is 0 Å². The van der Waals surface area contributed by atoms with E-state index in [9.17, 15) is 0 Å².